The molecule has 5 heteroatoms. The molecule has 0 aliphatic carbocycles. The molecule has 2 rings (SSSR count). The van der Waals surface area contributed by atoms with Gasteiger partial charge in [0, 0.05) is 32.0 Å². The second-order valence-electron chi connectivity index (χ2n) is 4.30. The number of aliphatic carboxylic acids is 1. The minimum Gasteiger partial charge on any atom is -0.479 e. The third-order valence-electron chi connectivity index (χ3n) is 2.76. The number of carbonyl (C=O) groups is 1. The van der Waals surface area contributed by atoms with Crippen LogP contribution >= 0.6 is 0 Å². The molecule has 0 amide bonds. The number of aromatic nitrogens is 1. The maximum Gasteiger partial charge on any atom is 0.334 e. The van der Waals surface area contributed by atoms with Crippen molar-refractivity contribution < 1.29 is 14.6 Å². The summed E-state index contributed by atoms with van der Waals surface area (Å²) in [5, 5.41) is 8.90. The van der Waals surface area contributed by atoms with Crippen LogP contribution in [0, 0.1) is 6.92 Å². The van der Waals surface area contributed by atoms with Gasteiger partial charge in [0.15, 0.2) is 6.10 Å². The molecule has 0 radical (unpaired) electrons. The summed E-state index contributed by atoms with van der Waals surface area (Å²) in [6, 6.07) is 2.07. The molecule has 0 aromatic carbocycles. The van der Waals surface area contributed by atoms with Crippen LogP contribution < -0.4 is 0 Å². The van der Waals surface area contributed by atoms with Crippen LogP contribution in [0.25, 0.3) is 0 Å². The van der Waals surface area contributed by atoms with E-state index in [1.54, 1.807) is 0 Å². The molecule has 2 heterocycles. The Balaban J connectivity index is 1.97. The Labute approximate surface area is 100 Å². The van der Waals surface area contributed by atoms with Gasteiger partial charge in [-0.2, -0.15) is 0 Å². The van der Waals surface area contributed by atoms with Crippen molar-refractivity contribution in [3.63, 3.8) is 0 Å². The Morgan fingerprint density at radius 1 is 1.65 bits per heavy atom. The van der Waals surface area contributed by atoms with Crippen LogP contribution in [0.1, 0.15) is 11.1 Å². The molecule has 0 bridgehead atoms. The van der Waals surface area contributed by atoms with Gasteiger partial charge in [-0.15, -0.1) is 0 Å². The van der Waals surface area contributed by atoms with Gasteiger partial charge in [0.05, 0.1) is 6.61 Å². The van der Waals surface area contributed by atoms with Crippen molar-refractivity contribution in [1.82, 2.24) is 9.88 Å². The number of hydrogen-bond donors (Lipinski definition) is 1. The van der Waals surface area contributed by atoms with E-state index in [4.69, 9.17) is 9.84 Å². The Hall–Kier alpha value is -1.46. The highest BCUT2D eigenvalue weighted by molar-refractivity contribution is 5.72. The highest BCUT2D eigenvalue weighted by Gasteiger charge is 2.25. The van der Waals surface area contributed by atoms with Crippen molar-refractivity contribution in [2.45, 2.75) is 19.6 Å². The van der Waals surface area contributed by atoms with Crippen LogP contribution in [0.5, 0.6) is 0 Å². The quantitative estimate of drug-likeness (QED) is 0.836. The highest BCUT2D eigenvalue weighted by atomic mass is 16.5. The summed E-state index contributed by atoms with van der Waals surface area (Å²) in [6.07, 6.45) is 2.92. The maximum absolute atomic E-state index is 10.8. The number of carboxylic acids is 1. The maximum atomic E-state index is 10.8. The second kappa shape index (κ2) is 5.25. The minimum absolute atomic E-state index is 0.434. The van der Waals surface area contributed by atoms with E-state index in [0.717, 1.165) is 24.2 Å². The number of hydrogen-bond acceptors (Lipinski definition) is 4. The molecule has 1 aliphatic rings. The number of ether oxygens (including phenoxy) is 1. The number of aryl methyl sites for hydroxylation is 1. The van der Waals surface area contributed by atoms with Crippen LogP contribution in [0.15, 0.2) is 18.5 Å². The number of rotatable bonds is 3. The topological polar surface area (TPSA) is 62.7 Å². The van der Waals surface area contributed by atoms with Crippen LogP contribution in [-0.4, -0.2) is 46.8 Å². The average molecular weight is 236 g/mol. The lowest BCUT2D eigenvalue weighted by molar-refractivity contribution is -0.156. The molecule has 1 unspecified atom stereocenters. The molecule has 17 heavy (non-hydrogen) atoms. The second-order valence-corrected chi connectivity index (χ2v) is 4.30. The van der Waals surface area contributed by atoms with Crippen molar-refractivity contribution in [2.75, 3.05) is 19.7 Å². The molecule has 1 saturated heterocycles. The Bertz CT molecular complexity index is 408. The van der Waals surface area contributed by atoms with Gasteiger partial charge >= 0.3 is 5.97 Å². The van der Waals surface area contributed by atoms with Crippen molar-refractivity contribution in [1.29, 1.82) is 0 Å². The zero-order valence-corrected chi connectivity index (χ0v) is 9.80. The monoisotopic (exact) mass is 236 g/mol. The largest absolute Gasteiger partial charge is 0.479 e. The lowest BCUT2D eigenvalue weighted by Crippen LogP contribution is -2.45. The number of morpholine rings is 1. The molecule has 1 aromatic rings. The molecule has 92 valence electrons. The number of nitrogens with zero attached hydrogens (tertiary/aromatic N) is 2. The fourth-order valence-electron chi connectivity index (χ4n) is 1.96. The molecule has 1 aromatic heterocycles. The van der Waals surface area contributed by atoms with Crippen molar-refractivity contribution in [2.24, 2.45) is 0 Å². The van der Waals surface area contributed by atoms with Crippen LogP contribution in [0.3, 0.4) is 0 Å². The first-order chi connectivity index (χ1) is 8.15. The van der Waals surface area contributed by atoms with Crippen molar-refractivity contribution >= 4 is 5.97 Å². The van der Waals surface area contributed by atoms with E-state index in [-0.39, 0.29) is 0 Å². The summed E-state index contributed by atoms with van der Waals surface area (Å²) in [5.74, 6) is -0.892. The number of pyridine rings is 1. The summed E-state index contributed by atoms with van der Waals surface area (Å²) in [5.41, 5.74) is 2.22. The summed E-state index contributed by atoms with van der Waals surface area (Å²) in [7, 11) is 0. The van der Waals surface area contributed by atoms with Crippen molar-refractivity contribution in [3.05, 3.63) is 29.6 Å². The van der Waals surface area contributed by atoms with E-state index in [1.165, 1.54) is 0 Å². The molecule has 0 saturated carbocycles. The summed E-state index contributed by atoms with van der Waals surface area (Å²) < 4.78 is 5.17. The molecule has 1 N–H and O–H groups in total. The predicted molar refractivity (Wildman–Crippen MR) is 61.6 cm³/mol. The molecular formula is C12H16N2O3. The van der Waals surface area contributed by atoms with E-state index >= 15 is 0 Å². The van der Waals surface area contributed by atoms with Gasteiger partial charge in [-0.1, -0.05) is 6.07 Å². The highest BCUT2D eigenvalue weighted by Crippen LogP contribution is 2.11. The normalized spacial score (nSPS) is 21.4. The molecule has 1 fully saturated rings. The number of carboxylic acid groups (broad SMARTS) is 1. The van der Waals surface area contributed by atoms with Gasteiger partial charge in [0.1, 0.15) is 0 Å². The predicted octanol–water partition coefficient (Wildman–Crippen LogP) is 0.675. The van der Waals surface area contributed by atoms with Gasteiger partial charge in [-0.05, 0) is 18.1 Å². The average Bonchev–Trinajstić information content (AvgIpc) is 2.29. The van der Waals surface area contributed by atoms with E-state index in [9.17, 15) is 4.79 Å². The van der Waals surface area contributed by atoms with E-state index in [1.807, 2.05) is 19.3 Å². The van der Waals surface area contributed by atoms with Crippen LogP contribution in [0.4, 0.5) is 0 Å². The van der Waals surface area contributed by atoms with Crippen molar-refractivity contribution in [3.8, 4) is 0 Å². The smallest absolute Gasteiger partial charge is 0.334 e. The first-order valence-electron chi connectivity index (χ1n) is 5.62. The van der Waals surface area contributed by atoms with Gasteiger partial charge < -0.3 is 9.84 Å². The SMILES string of the molecule is Cc1cncc(CN2CCOC(C(=O)O)C2)c1. The Morgan fingerprint density at radius 3 is 3.18 bits per heavy atom. The summed E-state index contributed by atoms with van der Waals surface area (Å²) in [4.78, 5) is 17.1. The Morgan fingerprint density at radius 2 is 2.47 bits per heavy atom. The fraction of sp³-hybridized carbons (Fsp3) is 0.500. The zero-order chi connectivity index (χ0) is 12.3. The third kappa shape index (κ3) is 3.25. The summed E-state index contributed by atoms with van der Waals surface area (Å²) in [6.45, 7) is 4.38. The van der Waals surface area contributed by atoms with Gasteiger partial charge in [0.25, 0.3) is 0 Å². The lowest BCUT2D eigenvalue weighted by atomic mass is 10.2. The van der Waals surface area contributed by atoms with E-state index in [0.29, 0.717) is 13.2 Å². The zero-order valence-electron chi connectivity index (χ0n) is 9.80. The van der Waals surface area contributed by atoms with Crippen LogP contribution in [0.2, 0.25) is 0 Å². The van der Waals surface area contributed by atoms with Gasteiger partial charge in [-0.25, -0.2) is 4.79 Å². The molecular weight excluding hydrogens is 220 g/mol. The third-order valence-corrected chi connectivity index (χ3v) is 2.76. The van der Waals surface area contributed by atoms with Gasteiger partial charge in [-0.3, -0.25) is 9.88 Å². The fourth-order valence-corrected chi connectivity index (χ4v) is 1.96. The summed E-state index contributed by atoms with van der Waals surface area (Å²) >= 11 is 0. The molecule has 1 aliphatic heterocycles. The standard InChI is InChI=1S/C12H16N2O3/c1-9-4-10(6-13-5-9)7-14-2-3-17-11(8-14)12(15)16/h4-6,11H,2-3,7-8H2,1H3,(H,15,16). The lowest BCUT2D eigenvalue weighted by Gasteiger charge is -2.30. The molecule has 0 spiro atoms. The minimum atomic E-state index is -0.892. The molecule has 1 atom stereocenters. The van der Waals surface area contributed by atoms with Gasteiger partial charge in [0.2, 0.25) is 0 Å². The molecule has 5 nitrogen and oxygen atoms in total. The first kappa shape index (κ1) is 12.0. The van der Waals surface area contributed by atoms with E-state index in [2.05, 4.69) is 16.0 Å². The van der Waals surface area contributed by atoms with E-state index < -0.39 is 12.1 Å². The first-order valence-corrected chi connectivity index (χ1v) is 5.62. The van der Waals surface area contributed by atoms with Crippen LogP contribution in [-0.2, 0) is 16.1 Å². The Kier molecular flexibility index (Phi) is 3.71.